The van der Waals surface area contributed by atoms with Crippen molar-refractivity contribution < 1.29 is 18.0 Å². The normalized spacial score (nSPS) is 16.1. The second-order valence-electron chi connectivity index (χ2n) is 8.48. The number of aromatic nitrogens is 1. The van der Waals surface area contributed by atoms with Crippen molar-refractivity contribution >= 4 is 38.4 Å². The van der Waals surface area contributed by atoms with Crippen LogP contribution in [-0.4, -0.2) is 42.1 Å². The Morgan fingerprint density at radius 1 is 0.972 bits per heavy atom. The molecule has 1 aliphatic heterocycles. The van der Waals surface area contributed by atoms with Crippen molar-refractivity contribution in [2.24, 2.45) is 0 Å². The summed E-state index contributed by atoms with van der Waals surface area (Å²) in [5.41, 5.74) is 2.55. The number of anilines is 1. The van der Waals surface area contributed by atoms with Gasteiger partial charge in [0.15, 0.2) is 0 Å². The van der Waals surface area contributed by atoms with E-state index in [0.717, 1.165) is 25.7 Å². The number of carbonyl (C=O) groups excluding carboxylic acids is 2. The van der Waals surface area contributed by atoms with Gasteiger partial charge in [-0.1, -0.05) is 36.4 Å². The quantitative estimate of drug-likeness (QED) is 0.391. The van der Waals surface area contributed by atoms with E-state index in [2.05, 4.69) is 4.98 Å². The molecule has 4 aromatic rings. The highest BCUT2D eigenvalue weighted by molar-refractivity contribution is 7.89. The number of hydrogen-bond acceptors (Lipinski definition) is 5. The number of H-pyrrole nitrogens is 1. The van der Waals surface area contributed by atoms with Gasteiger partial charge in [0.25, 0.3) is 5.91 Å². The highest BCUT2D eigenvalue weighted by atomic mass is 32.2. The van der Waals surface area contributed by atoms with Gasteiger partial charge in [0.05, 0.1) is 28.6 Å². The topological polar surface area (TPSA) is 114 Å². The van der Waals surface area contributed by atoms with E-state index >= 15 is 0 Å². The van der Waals surface area contributed by atoms with Gasteiger partial charge in [-0.3, -0.25) is 9.59 Å². The second-order valence-corrected chi connectivity index (χ2v) is 10.4. The number of fused-ring (bicyclic) bond motifs is 1. The molecule has 1 atom stereocenters. The zero-order valence-electron chi connectivity index (χ0n) is 19.2. The fourth-order valence-electron chi connectivity index (χ4n) is 4.54. The molecule has 5 rings (SSSR count). The summed E-state index contributed by atoms with van der Waals surface area (Å²) in [6.07, 6.45) is 1.92. The first-order chi connectivity index (χ1) is 17.4. The third-order valence-corrected chi connectivity index (χ3v) is 8.27. The highest BCUT2D eigenvalue weighted by Gasteiger charge is 2.46. The zero-order chi connectivity index (χ0) is 25.3. The smallest absolute Gasteiger partial charge is 0.252 e. The fraction of sp³-hybridized carbons (Fsp3) is 0.148. The minimum atomic E-state index is -4.08. The Labute approximate surface area is 208 Å². The van der Waals surface area contributed by atoms with Crippen LogP contribution in [0.5, 0.6) is 0 Å². The molecule has 1 unspecified atom stereocenters. The average Bonchev–Trinajstić information content (AvgIpc) is 3.44. The molecule has 36 heavy (non-hydrogen) atoms. The molecule has 0 aliphatic carbocycles. The molecule has 0 saturated carbocycles. The third kappa shape index (κ3) is 4.17. The lowest BCUT2D eigenvalue weighted by atomic mass is 10.1. The van der Waals surface area contributed by atoms with Crippen molar-refractivity contribution in [1.29, 1.82) is 5.26 Å². The van der Waals surface area contributed by atoms with Crippen molar-refractivity contribution in [2.75, 3.05) is 11.4 Å². The monoisotopic (exact) mass is 498 g/mol. The van der Waals surface area contributed by atoms with Gasteiger partial charge in [-0.25, -0.2) is 13.3 Å². The molecule has 0 radical (unpaired) electrons. The lowest BCUT2D eigenvalue weighted by Gasteiger charge is -2.27. The van der Waals surface area contributed by atoms with Crippen molar-refractivity contribution in [3.63, 3.8) is 0 Å². The zero-order valence-corrected chi connectivity index (χ0v) is 20.0. The number of rotatable bonds is 7. The molecule has 1 fully saturated rings. The first-order valence-corrected chi connectivity index (χ1v) is 12.8. The van der Waals surface area contributed by atoms with E-state index in [1.165, 1.54) is 36.4 Å². The Hall–Kier alpha value is -4.26. The number of amides is 2. The Bertz CT molecular complexity index is 1590. The first-order valence-electron chi connectivity index (χ1n) is 11.4. The highest BCUT2D eigenvalue weighted by Crippen LogP contribution is 2.30. The number of nitriles is 1. The van der Waals surface area contributed by atoms with Gasteiger partial charge < -0.3 is 4.98 Å². The summed E-state index contributed by atoms with van der Waals surface area (Å²) in [6, 6.07) is 22.5. The Kier molecular flexibility index (Phi) is 6.14. The van der Waals surface area contributed by atoms with Crippen LogP contribution in [0.3, 0.4) is 0 Å². The van der Waals surface area contributed by atoms with Gasteiger partial charge in [-0.2, -0.15) is 9.57 Å². The maximum absolute atomic E-state index is 13.7. The van der Waals surface area contributed by atoms with E-state index in [4.69, 9.17) is 5.26 Å². The molecular weight excluding hydrogens is 476 g/mol. The van der Waals surface area contributed by atoms with Crippen LogP contribution in [0, 0.1) is 11.3 Å². The summed E-state index contributed by atoms with van der Waals surface area (Å²) in [7, 11) is -4.08. The SMILES string of the molecule is N#Cc1ccc(N2C(=O)CC(N(CCc3c[nH]c4ccccc34)S(=O)(=O)c3ccccc3)C2=O)cc1. The maximum Gasteiger partial charge on any atom is 0.252 e. The van der Waals surface area contributed by atoms with E-state index in [1.54, 1.807) is 18.2 Å². The Balaban J connectivity index is 1.50. The van der Waals surface area contributed by atoms with Crippen LogP contribution in [-0.2, 0) is 26.0 Å². The van der Waals surface area contributed by atoms with Gasteiger partial charge >= 0.3 is 0 Å². The predicted molar refractivity (Wildman–Crippen MR) is 134 cm³/mol. The summed E-state index contributed by atoms with van der Waals surface area (Å²) in [4.78, 5) is 30.7. The number of benzene rings is 3. The maximum atomic E-state index is 13.7. The van der Waals surface area contributed by atoms with Gasteiger partial charge in [0.1, 0.15) is 6.04 Å². The van der Waals surface area contributed by atoms with Gasteiger partial charge in [0, 0.05) is 23.6 Å². The number of para-hydroxylation sites is 1. The summed E-state index contributed by atoms with van der Waals surface area (Å²) >= 11 is 0. The molecule has 3 aromatic carbocycles. The largest absolute Gasteiger partial charge is 0.361 e. The first kappa shape index (κ1) is 23.5. The number of hydrogen-bond donors (Lipinski definition) is 1. The molecule has 1 N–H and O–H groups in total. The minimum Gasteiger partial charge on any atom is -0.361 e. The predicted octanol–water partition coefficient (Wildman–Crippen LogP) is 3.61. The van der Waals surface area contributed by atoms with E-state index in [-0.39, 0.29) is 17.9 Å². The minimum absolute atomic E-state index is 0.0178. The van der Waals surface area contributed by atoms with Crippen LogP contribution in [0.15, 0.2) is 90.0 Å². The van der Waals surface area contributed by atoms with Gasteiger partial charge in [-0.15, -0.1) is 0 Å². The number of nitrogens with zero attached hydrogens (tertiary/aromatic N) is 3. The lowest BCUT2D eigenvalue weighted by molar-refractivity contribution is -0.122. The molecule has 1 saturated heterocycles. The van der Waals surface area contributed by atoms with E-state index in [0.29, 0.717) is 17.7 Å². The van der Waals surface area contributed by atoms with E-state index < -0.39 is 27.9 Å². The van der Waals surface area contributed by atoms with Crippen LogP contribution in [0.1, 0.15) is 17.5 Å². The number of aromatic amines is 1. The van der Waals surface area contributed by atoms with E-state index in [9.17, 15) is 18.0 Å². The van der Waals surface area contributed by atoms with Crippen LogP contribution in [0.4, 0.5) is 5.69 Å². The van der Waals surface area contributed by atoms with Gasteiger partial charge in [-0.05, 0) is 54.4 Å². The van der Waals surface area contributed by atoms with Crippen LogP contribution < -0.4 is 4.90 Å². The molecule has 0 bridgehead atoms. The standard InChI is InChI=1S/C27H22N4O4S/c28-17-19-10-12-21(13-11-19)31-26(32)16-25(27(31)33)30(36(34,35)22-6-2-1-3-7-22)15-14-20-18-29-24-9-5-4-8-23(20)24/h1-13,18,25,29H,14-16H2. The molecule has 1 aromatic heterocycles. The summed E-state index contributed by atoms with van der Waals surface area (Å²) in [6.45, 7) is 0.0178. The van der Waals surface area contributed by atoms with Crippen LogP contribution in [0.2, 0.25) is 0 Å². The molecule has 2 amide bonds. The number of imide groups is 1. The molecule has 180 valence electrons. The number of nitrogens with one attached hydrogen (secondary N) is 1. The lowest BCUT2D eigenvalue weighted by Crippen LogP contribution is -2.46. The molecular formula is C27H22N4O4S. The number of carbonyl (C=O) groups is 2. The second kappa shape index (κ2) is 9.41. The molecule has 9 heteroatoms. The van der Waals surface area contributed by atoms with Crippen molar-refractivity contribution in [3.05, 3.63) is 96.2 Å². The average molecular weight is 499 g/mol. The summed E-state index contributed by atoms with van der Waals surface area (Å²) in [5, 5.41) is 10.0. The van der Waals surface area contributed by atoms with Crippen molar-refractivity contribution in [1.82, 2.24) is 9.29 Å². The molecule has 2 heterocycles. The van der Waals surface area contributed by atoms with Crippen molar-refractivity contribution in [3.8, 4) is 6.07 Å². The van der Waals surface area contributed by atoms with Gasteiger partial charge in [0.2, 0.25) is 15.9 Å². The molecule has 0 spiro atoms. The summed E-state index contributed by atoms with van der Waals surface area (Å²) in [5.74, 6) is -1.10. The molecule has 8 nitrogen and oxygen atoms in total. The Morgan fingerprint density at radius 3 is 2.39 bits per heavy atom. The Morgan fingerprint density at radius 2 is 1.67 bits per heavy atom. The van der Waals surface area contributed by atoms with Crippen LogP contribution >= 0.6 is 0 Å². The summed E-state index contributed by atoms with van der Waals surface area (Å²) < 4.78 is 28.6. The van der Waals surface area contributed by atoms with E-state index in [1.807, 2.05) is 36.5 Å². The van der Waals surface area contributed by atoms with Crippen LogP contribution in [0.25, 0.3) is 10.9 Å². The molecule has 1 aliphatic rings. The number of sulfonamides is 1. The van der Waals surface area contributed by atoms with Crippen molar-refractivity contribution in [2.45, 2.75) is 23.8 Å². The fourth-order valence-corrected chi connectivity index (χ4v) is 6.14. The third-order valence-electron chi connectivity index (χ3n) is 6.35.